The normalized spacial score (nSPS) is 12.9. The number of hydrogen-bond acceptors (Lipinski definition) is 5. The number of nitrogens with zero attached hydrogens (tertiary/aromatic N) is 1. The molecule has 0 aromatic heterocycles. The molecule has 2 aromatic carbocycles. The number of imide groups is 1. The molecule has 0 atom stereocenters. The highest BCUT2D eigenvalue weighted by Crippen LogP contribution is 2.34. The third-order valence-corrected chi connectivity index (χ3v) is 4.51. The molecule has 140 valence electrons. The van der Waals surface area contributed by atoms with Gasteiger partial charge in [0.05, 0.1) is 39.9 Å². The van der Waals surface area contributed by atoms with E-state index in [1.807, 2.05) is 0 Å². The van der Waals surface area contributed by atoms with E-state index in [4.69, 9.17) is 32.7 Å². The van der Waals surface area contributed by atoms with Crippen LogP contribution in [0.4, 0.5) is 0 Å². The van der Waals surface area contributed by atoms with Gasteiger partial charge in [0, 0.05) is 0 Å². The van der Waals surface area contributed by atoms with Crippen molar-refractivity contribution in [1.29, 1.82) is 0 Å². The standard InChI is InChI=1S/C19H15Cl2NO5/c1-2-26-19(25)11-9-14(20)16(15(21)10-11)27-8-7-22-17(23)12-5-3-4-6-13(12)18(22)24/h3-6,9-10H,2,7-8H2,1H3. The van der Waals surface area contributed by atoms with Crippen LogP contribution in [0.1, 0.15) is 38.0 Å². The van der Waals surface area contributed by atoms with Gasteiger partial charge < -0.3 is 9.47 Å². The van der Waals surface area contributed by atoms with Crippen molar-refractivity contribution in [2.45, 2.75) is 6.92 Å². The van der Waals surface area contributed by atoms with Gasteiger partial charge in [-0.25, -0.2) is 4.79 Å². The summed E-state index contributed by atoms with van der Waals surface area (Å²) in [5.41, 5.74) is 0.953. The minimum absolute atomic E-state index is 0.00363. The predicted molar refractivity (Wildman–Crippen MR) is 99.7 cm³/mol. The second-order valence-corrected chi connectivity index (χ2v) is 6.46. The second kappa shape index (κ2) is 7.98. The van der Waals surface area contributed by atoms with Crippen molar-refractivity contribution in [3.63, 3.8) is 0 Å². The fraction of sp³-hybridized carbons (Fsp3) is 0.211. The molecule has 2 aromatic rings. The summed E-state index contributed by atoms with van der Waals surface area (Å²) < 4.78 is 10.5. The molecule has 3 rings (SSSR count). The Balaban J connectivity index is 1.67. The number of carbonyl (C=O) groups excluding carboxylic acids is 3. The van der Waals surface area contributed by atoms with Crippen LogP contribution in [-0.4, -0.2) is 42.4 Å². The Morgan fingerprint density at radius 1 is 1.04 bits per heavy atom. The number of esters is 1. The van der Waals surface area contributed by atoms with Crippen molar-refractivity contribution < 1.29 is 23.9 Å². The first-order valence-electron chi connectivity index (χ1n) is 8.18. The number of rotatable bonds is 6. The predicted octanol–water partition coefficient (Wildman–Crippen LogP) is 3.85. The summed E-state index contributed by atoms with van der Waals surface area (Å²) in [7, 11) is 0. The zero-order chi connectivity index (χ0) is 19.6. The molecule has 0 fully saturated rings. The van der Waals surface area contributed by atoms with E-state index in [9.17, 15) is 14.4 Å². The average Bonchev–Trinajstić information content (AvgIpc) is 2.89. The lowest BCUT2D eigenvalue weighted by molar-refractivity contribution is 0.0524. The lowest BCUT2D eigenvalue weighted by Crippen LogP contribution is -2.33. The quantitative estimate of drug-likeness (QED) is 0.537. The SMILES string of the molecule is CCOC(=O)c1cc(Cl)c(OCCN2C(=O)c3ccccc3C2=O)c(Cl)c1. The minimum Gasteiger partial charge on any atom is -0.489 e. The van der Waals surface area contributed by atoms with E-state index in [2.05, 4.69) is 0 Å². The van der Waals surface area contributed by atoms with Crippen LogP contribution >= 0.6 is 23.2 Å². The van der Waals surface area contributed by atoms with E-state index < -0.39 is 5.97 Å². The monoisotopic (exact) mass is 407 g/mol. The van der Waals surface area contributed by atoms with Crippen molar-refractivity contribution in [3.8, 4) is 5.75 Å². The number of ether oxygens (including phenoxy) is 2. The summed E-state index contributed by atoms with van der Waals surface area (Å²) in [4.78, 5) is 37.5. The molecule has 2 amide bonds. The van der Waals surface area contributed by atoms with Gasteiger partial charge in [0.25, 0.3) is 11.8 Å². The Labute approximate surface area is 165 Å². The maximum atomic E-state index is 12.3. The van der Waals surface area contributed by atoms with Crippen LogP contribution < -0.4 is 4.74 Å². The maximum Gasteiger partial charge on any atom is 0.338 e. The summed E-state index contributed by atoms with van der Waals surface area (Å²) >= 11 is 12.3. The molecule has 0 unspecified atom stereocenters. The molecule has 1 aliphatic rings. The summed E-state index contributed by atoms with van der Waals surface area (Å²) in [5.74, 6) is -1.11. The van der Waals surface area contributed by atoms with Crippen LogP contribution in [0, 0.1) is 0 Å². The van der Waals surface area contributed by atoms with Crippen LogP contribution in [0.15, 0.2) is 36.4 Å². The molecule has 0 saturated heterocycles. The minimum atomic E-state index is -0.543. The first kappa shape index (κ1) is 19.2. The fourth-order valence-corrected chi connectivity index (χ4v) is 3.31. The Bertz CT molecular complexity index is 870. The van der Waals surface area contributed by atoms with Crippen molar-refractivity contribution in [1.82, 2.24) is 4.90 Å². The maximum absolute atomic E-state index is 12.3. The highest BCUT2D eigenvalue weighted by molar-refractivity contribution is 6.37. The molecule has 0 aliphatic carbocycles. The van der Waals surface area contributed by atoms with Gasteiger partial charge in [-0.1, -0.05) is 35.3 Å². The van der Waals surface area contributed by atoms with E-state index in [0.29, 0.717) is 11.1 Å². The Hall–Kier alpha value is -2.57. The molecule has 6 nitrogen and oxygen atoms in total. The van der Waals surface area contributed by atoms with Gasteiger partial charge in [-0.3, -0.25) is 14.5 Å². The van der Waals surface area contributed by atoms with Crippen molar-refractivity contribution in [2.75, 3.05) is 19.8 Å². The number of fused-ring (bicyclic) bond motifs is 1. The molecule has 0 spiro atoms. The lowest BCUT2D eigenvalue weighted by atomic mass is 10.1. The Kier molecular flexibility index (Phi) is 5.68. The molecule has 8 heteroatoms. The molecule has 0 bridgehead atoms. The molecular formula is C19H15Cl2NO5. The molecule has 0 saturated carbocycles. The number of halogens is 2. The highest BCUT2D eigenvalue weighted by atomic mass is 35.5. The van der Waals surface area contributed by atoms with Crippen molar-refractivity contribution >= 4 is 41.0 Å². The molecule has 0 radical (unpaired) electrons. The number of amides is 2. The van der Waals surface area contributed by atoms with E-state index in [1.165, 1.54) is 12.1 Å². The number of hydrogen-bond donors (Lipinski definition) is 0. The Morgan fingerprint density at radius 2 is 1.59 bits per heavy atom. The van der Waals surface area contributed by atoms with E-state index in [0.717, 1.165) is 4.90 Å². The summed E-state index contributed by atoms with van der Waals surface area (Å²) in [6.45, 7) is 1.96. The Morgan fingerprint density at radius 3 is 2.11 bits per heavy atom. The van der Waals surface area contributed by atoms with Gasteiger partial charge in [0.2, 0.25) is 0 Å². The van der Waals surface area contributed by atoms with Gasteiger partial charge in [-0.15, -0.1) is 0 Å². The van der Waals surface area contributed by atoms with Gasteiger partial charge in [0.1, 0.15) is 6.61 Å². The van der Waals surface area contributed by atoms with E-state index >= 15 is 0 Å². The molecule has 1 aliphatic heterocycles. The molecule has 1 heterocycles. The third-order valence-electron chi connectivity index (χ3n) is 3.95. The molecule has 27 heavy (non-hydrogen) atoms. The van der Waals surface area contributed by atoms with Gasteiger partial charge in [-0.05, 0) is 31.2 Å². The topological polar surface area (TPSA) is 72.9 Å². The smallest absolute Gasteiger partial charge is 0.338 e. The average molecular weight is 408 g/mol. The molecule has 0 N–H and O–H groups in total. The summed E-state index contributed by atoms with van der Waals surface area (Å²) in [6, 6.07) is 9.41. The van der Waals surface area contributed by atoms with Crippen molar-refractivity contribution in [3.05, 3.63) is 63.1 Å². The first-order valence-corrected chi connectivity index (χ1v) is 8.93. The lowest BCUT2D eigenvalue weighted by Gasteiger charge is -2.16. The summed E-state index contributed by atoms with van der Waals surface area (Å²) in [6.07, 6.45) is 0. The third kappa shape index (κ3) is 3.77. The highest BCUT2D eigenvalue weighted by Gasteiger charge is 2.34. The van der Waals surface area contributed by atoms with Gasteiger partial charge in [0.15, 0.2) is 5.75 Å². The van der Waals surface area contributed by atoms with Gasteiger partial charge in [-0.2, -0.15) is 0 Å². The van der Waals surface area contributed by atoms with E-state index in [1.54, 1.807) is 31.2 Å². The largest absolute Gasteiger partial charge is 0.489 e. The van der Waals surface area contributed by atoms with Crippen LogP contribution in [0.5, 0.6) is 5.75 Å². The number of carbonyl (C=O) groups is 3. The van der Waals surface area contributed by atoms with Crippen LogP contribution in [-0.2, 0) is 4.74 Å². The summed E-state index contributed by atoms with van der Waals surface area (Å²) in [5, 5.41) is 0.265. The van der Waals surface area contributed by atoms with Crippen LogP contribution in [0.3, 0.4) is 0 Å². The van der Waals surface area contributed by atoms with Gasteiger partial charge >= 0.3 is 5.97 Å². The van der Waals surface area contributed by atoms with Crippen molar-refractivity contribution in [2.24, 2.45) is 0 Å². The molecular weight excluding hydrogens is 393 g/mol. The number of benzene rings is 2. The second-order valence-electron chi connectivity index (χ2n) is 5.65. The van der Waals surface area contributed by atoms with Crippen LogP contribution in [0.2, 0.25) is 10.0 Å². The van der Waals surface area contributed by atoms with Crippen LogP contribution in [0.25, 0.3) is 0 Å². The zero-order valence-electron chi connectivity index (χ0n) is 14.3. The van der Waals surface area contributed by atoms with E-state index in [-0.39, 0.29) is 52.9 Å². The fourth-order valence-electron chi connectivity index (χ4n) is 2.71. The first-order chi connectivity index (χ1) is 12.9. The zero-order valence-corrected chi connectivity index (χ0v) is 15.8.